The first-order chi connectivity index (χ1) is 7.25. The van der Waals surface area contributed by atoms with E-state index in [-0.39, 0.29) is 12.2 Å². The third-order valence-corrected chi connectivity index (χ3v) is 3.99. The molecule has 2 nitrogen and oxygen atoms in total. The quantitative estimate of drug-likeness (QED) is 0.779. The fourth-order valence-electron chi connectivity index (χ4n) is 3.03. The van der Waals surface area contributed by atoms with Crippen molar-refractivity contribution in [1.82, 2.24) is 0 Å². The molecule has 0 radical (unpaired) electrons. The molecule has 2 aliphatic rings. The Morgan fingerprint density at radius 1 is 1.13 bits per heavy atom. The van der Waals surface area contributed by atoms with Crippen LogP contribution in [0.4, 0.5) is 0 Å². The van der Waals surface area contributed by atoms with Crippen molar-refractivity contribution in [1.29, 1.82) is 0 Å². The molecule has 1 saturated carbocycles. The van der Waals surface area contributed by atoms with Crippen molar-refractivity contribution in [2.75, 3.05) is 0 Å². The molecule has 88 valence electrons. The van der Waals surface area contributed by atoms with Gasteiger partial charge < -0.3 is 9.84 Å². The summed E-state index contributed by atoms with van der Waals surface area (Å²) in [6.45, 7) is 2.10. The Kier molecular flexibility index (Phi) is 4.04. The fraction of sp³-hybridized carbons (Fsp3) is 1.00. The standard InChI is InChI=1S/C13H24O2/c1-10-7-8-13(15-10)12(14)9-11-5-3-2-4-6-11/h10-14H,2-9H2,1H3. The first kappa shape index (κ1) is 11.4. The highest BCUT2D eigenvalue weighted by molar-refractivity contribution is 4.80. The average molecular weight is 212 g/mol. The van der Waals surface area contributed by atoms with Gasteiger partial charge in [0.25, 0.3) is 0 Å². The Morgan fingerprint density at radius 2 is 1.87 bits per heavy atom. The lowest BCUT2D eigenvalue weighted by Crippen LogP contribution is -2.29. The van der Waals surface area contributed by atoms with Crippen molar-refractivity contribution in [2.45, 2.75) is 76.6 Å². The van der Waals surface area contributed by atoms with Gasteiger partial charge in [-0.15, -0.1) is 0 Å². The monoisotopic (exact) mass is 212 g/mol. The molecule has 0 bridgehead atoms. The Hall–Kier alpha value is -0.0800. The average Bonchev–Trinajstić information content (AvgIpc) is 2.66. The number of ether oxygens (including phenoxy) is 1. The first-order valence-electron chi connectivity index (χ1n) is 6.59. The second kappa shape index (κ2) is 5.31. The Labute approximate surface area is 93.0 Å². The van der Waals surface area contributed by atoms with Crippen LogP contribution in [0.2, 0.25) is 0 Å². The van der Waals surface area contributed by atoms with Crippen LogP contribution in [0, 0.1) is 5.92 Å². The summed E-state index contributed by atoms with van der Waals surface area (Å²) in [5.41, 5.74) is 0. The second-order valence-electron chi connectivity index (χ2n) is 5.37. The minimum atomic E-state index is -0.210. The molecule has 1 N–H and O–H groups in total. The van der Waals surface area contributed by atoms with Gasteiger partial charge in [-0.1, -0.05) is 32.1 Å². The first-order valence-corrected chi connectivity index (χ1v) is 6.59. The maximum atomic E-state index is 10.1. The Balaban J connectivity index is 1.73. The van der Waals surface area contributed by atoms with Gasteiger partial charge in [0.05, 0.1) is 18.3 Å². The highest BCUT2D eigenvalue weighted by atomic mass is 16.5. The van der Waals surface area contributed by atoms with Crippen molar-refractivity contribution in [3.63, 3.8) is 0 Å². The van der Waals surface area contributed by atoms with Crippen LogP contribution < -0.4 is 0 Å². The van der Waals surface area contributed by atoms with Gasteiger partial charge in [0.2, 0.25) is 0 Å². The molecule has 0 aromatic rings. The second-order valence-corrected chi connectivity index (χ2v) is 5.37. The molecular formula is C13H24O2. The minimum Gasteiger partial charge on any atom is -0.390 e. The lowest BCUT2D eigenvalue weighted by molar-refractivity contribution is -0.0392. The summed E-state index contributed by atoms with van der Waals surface area (Å²) in [6.07, 6.45) is 10.2. The van der Waals surface area contributed by atoms with Gasteiger partial charge in [0.15, 0.2) is 0 Å². The zero-order chi connectivity index (χ0) is 10.7. The Morgan fingerprint density at radius 3 is 2.47 bits per heavy atom. The molecule has 0 amide bonds. The molecular weight excluding hydrogens is 188 g/mol. The van der Waals surface area contributed by atoms with E-state index in [4.69, 9.17) is 4.74 Å². The van der Waals surface area contributed by atoms with Crippen LogP contribution in [0.1, 0.15) is 58.3 Å². The van der Waals surface area contributed by atoms with Crippen molar-refractivity contribution in [3.05, 3.63) is 0 Å². The smallest absolute Gasteiger partial charge is 0.0838 e. The zero-order valence-corrected chi connectivity index (χ0v) is 9.82. The van der Waals surface area contributed by atoms with E-state index in [1.807, 2.05) is 0 Å². The van der Waals surface area contributed by atoms with Crippen LogP contribution >= 0.6 is 0 Å². The van der Waals surface area contributed by atoms with Gasteiger partial charge in [-0.05, 0) is 32.1 Å². The topological polar surface area (TPSA) is 29.5 Å². The van der Waals surface area contributed by atoms with Gasteiger partial charge in [0, 0.05) is 0 Å². The highest BCUT2D eigenvalue weighted by Crippen LogP contribution is 2.31. The number of rotatable bonds is 3. The van der Waals surface area contributed by atoms with Gasteiger partial charge in [-0.25, -0.2) is 0 Å². The Bertz CT molecular complexity index is 187. The molecule has 3 atom stereocenters. The lowest BCUT2D eigenvalue weighted by Gasteiger charge is -2.26. The number of hydrogen-bond acceptors (Lipinski definition) is 2. The van der Waals surface area contributed by atoms with Gasteiger partial charge in [0.1, 0.15) is 0 Å². The third-order valence-electron chi connectivity index (χ3n) is 3.99. The molecule has 1 heterocycles. The summed E-state index contributed by atoms with van der Waals surface area (Å²) in [6, 6.07) is 0. The van der Waals surface area contributed by atoms with E-state index < -0.39 is 0 Å². The molecule has 3 unspecified atom stereocenters. The summed E-state index contributed by atoms with van der Waals surface area (Å²) in [5.74, 6) is 0.758. The summed E-state index contributed by atoms with van der Waals surface area (Å²) >= 11 is 0. The van der Waals surface area contributed by atoms with Crippen LogP contribution in [0.25, 0.3) is 0 Å². The summed E-state index contributed by atoms with van der Waals surface area (Å²) in [5, 5.41) is 10.1. The lowest BCUT2D eigenvalue weighted by atomic mass is 9.84. The predicted molar refractivity (Wildman–Crippen MR) is 60.8 cm³/mol. The molecule has 1 saturated heterocycles. The van der Waals surface area contributed by atoms with E-state index in [0.29, 0.717) is 6.10 Å². The van der Waals surface area contributed by atoms with Crippen molar-refractivity contribution in [2.24, 2.45) is 5.92 Å². The zero-order valence-electron chi connectivity index (χ0n) is 9.82. The van der Waals surface area contributed by atoms with E-state index in [2.05, 4.69) is 6.92 Å². The van der Waals surface area contributed by atoms with Gasteiger partial charge >= 0.3 is 0 Å². The molecule has 2 heteroatoms. The largest absolute Gasteiger partial charge is 0.390 e. The molecule has 2 fully saturated rings. The predicted octanol–water partition coefficient (Wildman–Crippen LogP) is 2.89. The van der Waals surface area contributed by atoms with Crippen molar-refractivity contribution in [3.8, 4) is 0 Å². The summed E-state index contributed by atoms with van der Waals surface area (Å²) in [4.78, 5) is 0. The van der Waals surface area contributed by atoms with E-state index in [0.717, 1.165) is 25.2 Å². The van der Waals surface area contributed by atoms with E-state index >= 15 is 0 Å². The van der Waals surface area contributed by atoms with Crippen LogP contribution in [-0.2, 0) is 4.74 Å². The third kappa shape index (κ3) is 3.18. The molecule has 0 aromatic carbocycles. The maximum Gasteiger partial charge on any atom is 0.0838 e. The molecule has 1 aliphatic heterocycles. The number of hydrogen-bond donors (Lipinski definition) is 1. The number of aliphatic hydroxyl groups is 1. The van der Waals surface area contributed by atoms with E-state index in [1.54, 1.807) is 0 Å². The van der Waals surface area contributed by atoms with Crippen LogP contribution in [-0.4, -0.2) is 23.4 Å². The normalized spacial score (nSPS) is 35.6. The van der Waals surface area contributed by atoms with Crippen molar-refractivity contribution >= 4 is 0 Å². The van der Waals surface area contributed by atoms with Crippen LogP contribution in [0.5, 0.6) is 0 Å². The van der Waals surface area contributed by atoms with E-state index in [1.165, 1.54) is 32.1 Å². The highest BCUT2D eigenvalue weighted by Gasteiger charge is 2.30. The summed E-state index contributed by atoms with van der Waals surface area (Å²) in [7, 11) is 0. The molecule has 0 aromatic heterocycles. The number of aliphatic hydroxyl groups excluding tert-OH is 1. The fourth-order valence-corrected chi connectivity index (χ4v) is 3.03. The van der Waals surface area contributed by atoms with Crippen molar-refractivity contribution < 1.29 is 9.84 Å². The van der Waals surface area contributed by atoms with Gasteiger partial charge in [-0.3, -0.25) is 0 Å². The minimum absolute atomic E-state index is 0.127. The molecule has 15 heavy (non-hydrogen) atoms. The van der Waals surface area contributed by atoms with Crippen LogP contribution in [0.15, 0.2) is 0 Å². The SMILES string of the molecule is CC1CCC(C(O)CC2CCCCC2)O1. The maximum absolute atomic E-state index is 10.1. The molecule has 1 aliphatic carbocycles. The molecule has 0 spiro atoms. The van der Waals surface area contributed by atoms with Gasteiger partial charge in [-0.2, -0.15) is 0 Å². The van der Waals surface area contributed by atoms with E-state index in [9.17, 15) is 5.11 Å². The summed E-state index contributed by atoms with van der Waals surface area (Å²) < 4.78 is 5.71. The van der Waals surface area contributed by atoms with Crippen LogP contribution in [0.3, 0.4) is 0 Å². The molecule has 2 rings (SSSR count).